The van der Waals surface area contributed by atoms with Crippen molar-refractivity contribution >= 4 is 5.71 Å². The van der Waals surface area contributed by atoms with Gasteiger partial charge in [-0.25, -0.2) is 4.79 Å². The molecule has 0 bridgehead atoms. The smallest absolute Gasteiger partial charge is 0.368 e. The van der Waals surface area contributed by atoms with E-state index in [0.717, 1.165) is 28.8 Å². The Morgan fingerprint density at radius 2 is 1.96 bits per heavy atom. The predicted octanol–water partition coefficient (Wildman–Crippen LogP) is 2.61. The van der Waals surface area contributed by atoms with Crippen LogP contribution in [0.3, 0.4) is 0 Å². The van der Waals surface area contributed by atoms with Crippen molar-refractivity contribution in [2.45, 2.75) is 26.9 Å². The first kappa shape index (κ1) is 19.3. The molecular weight excluding hydrogens is 358 g/mol. The van der Waals surface area contributed by atoms with Crippen molar-refractivity contribution in [3.05, 3.63) is 69.6 Å². The summed E-state index contributed by atoms with van der Waals surface area (Å²) in [6, 6.07) is 13.4. The molecular formula is C20H23N5O3. The van der Waals surface area contributed by atoms with E-state index in [4.69, 9.17) is 9.57 Å². The van der Waals surface area contributed by atoms with E-state index in [1.807, 2.05) is 56.3 Å². The van der Waals surface area contributed by atoms with Gasteiger partial charge in [-0.2, -0.15) is 9.36 Å². The molecule has 3 aromatic rings. The molecule has 0 saturated heterocycles. The fraction of sp³-hybridized carbons (Fsp3) is 0.300. The van der Waals surface area contributed by atoms with E-state index in [-0.39, 0.29) is 12.3 Å². The molecule has 0 aliphatic carbocycles. The largest absolute Gasteiger partial charge is 0.489 e. The monoisotopic (exact) mass is 381 g/mol. The number of nitrogens with zero attached hydrogens (tertiary/aromatic N) is 5. The fourth-order valence-electron chi connectivity index (χ4n) is 2.89. The Morgan fingerprint density at radius 3 is 2.64 bits per heavy atom. The van der Waals surface area contributed by atoms with Crippen LogP contribution in [0.5, 0.6) is 5.75 Å². The van der Waals surface area contributed by atoms with Crippen LogP contribution in [0.25, 0.3) is 5.69 Å². The van der Waals surface area contributed by atoms with E-state index < -0.39 is 0 Å². The number of aromatic nitrogens is 4. The number of ether oxygens (including phenoxy) is 1. The van der Waals surface area contributed by atoms with Gasteiger partial charge in [0.2, 0.25) is 0 Å². The van der Waals surface area contributed by atoms with Crippen LogP contribution in [0.15, 0.2) is 52.4 Å². The summed E-state index contributed by atoms with van der Waals surface area (Å²) in [5.74, 6) is 0.704. The zero-order chi connectivity index (χ0) is 20.1. The lowest BCUT2D eigenvalue weighted by Crippen LogP contribution is -2.23. The molecule has 1 heterocycles. The Hall–Kier alpha value is -3.42. The van der Waals surface area contributed by atoms with E-state index in [9.17, 15) is 4.79 Å². The average molecular weight is 381 g/mol. The number of hydrogen-bond donors (Lipinski definition) is 0. The van der Waals surface area contributed by atoms with Gasteiger partial charge in [0.15, 0.2) is 0 Å². The molecule has 0 unspecified atom stereocenters. The van der Waals surface area contributed by atoms with Gasteiger partial charge >= 0.3 is 5.69 Å². The minimum Gasteiger partial charge on any atom is -0.489 e. The first-order chi connectivity index (χ1) is 13.5. The van der Waals surface area contributed by atoms with Gasteiger partial charge in [-0.1, -0.05) is 36.3 Å². The highest BCUT2D eigenvalue weighted by molar-refractivity contribution is 6.00. The van der Waals surface area contributed by atoms with Crippen LogP contribution in [0.4, 0.5) is 0 Å². The van der Waals surface area contributed by atoms with Crippen molar-refractivity contribution in [2.75, 3.05) is 7.11 Å². The Labute approximate surface area is 163 Å². The van der Waals surface area contributed by atoms with E-state index in [2.05, 4.69) is 15.6 Å². The van der Waals surface area contributed by atoms with Crippen LogP contribution in [-0.4, -0.2) is 32.6 Å². The maximum absolute atomic E-state index is 12.3. The third kappa shape index (κ3) is 3.95. The molecule has 0 N–H and O–H groups in total. The molecule has 0 radical (unpaired) electrons. The van der Waals surface area contributed by atoms with Gasteiger partial charge in [-0.05, 0) is 47.5 Å². The van der Waals surface area contributed by atoms with Gasteiger partial charge in [0, 0.05) is 18.2 Å². The highest BCUT2D eigenvalue weighted by Crippen LogP contribution is 2.21. The molecule has 3 rings (SSSR count). The van der Waals surface area contributed by atoms with Crippen LogP contribution < -0.4 is 10.4 Å². The third-order valence-electron chi connectivity index (χ3n) is 4.42. The average Bonchev–Trinajstić information content (AvgIpc) is 3.03. The number of rotatable bonds is 7. The van der Waals surface area contributed by atoms with Crippen molar-refractivity contribution < 1.29 is 9.57 Å². The van der Waals surface area contributed by atoms with Gasteiger partial charge in [0.05, 0.1) is 11.4 Å². The lowest BCUT2D eigenvalue weighted by Gasteiger charge is -2.13. The van der Waals surface area contributed by atoms with Crippen molar-refractivity contribution in [1.29, 1.82) is 0 Å². The summed E-state index contributed by atoms with van der Waals surface area (Å²) in [4.78, 5) is 17.2. The summed E-state index contributed by atoms with van der Waals surface area (Å²) in [6.07, 6.45) is 0.745. The maximum atomic E-state index is 12.3. The van der Waals surface area contributed by atoms with Gasteiger partial charge in [-0.3, -0.25) is 0 Å². The summed E-state index contributed by atoms with van der Waals surface area (Å²) >= 11 is 0. The molecule has 28 heavy (non-hydrogen) atoms. The van der Waals surface area contributed by atoms with Crippen LogP contribution in [0.2, 0.25) is 0 Å². The van der Waals surface area contributed by atoms with Crippen LogP contribution in [0, 0.1) is 6.92 Å². The summed E-state index contributed by atoms with van der Waals surface area (Å²) in [5, 5.41) is 11.8. The molecule has 8 nitrogen and oxygen atoms in total. The lowest BCUT2D eigenvalue weighted by atomic mass is 10.1. The van der Waals surface area contributed by atoms with Gasteiger partial charge in [0.1, 0.15) is 19.5 Å². The number of aryl methyl sites for hydroxylation is 2. The standard InChI is InChI=1S/C20H23N5O3/c1-5-18(21-27-4)15-9-7-10-16(12-15)28-13-17-14(2)8-6-11-19(17)25-20(26)24(3)22-23-25/h6-12H,5,13H2,1-4H3/b21-18+. The second-order valence-corrected chi connectivity index (χ2v) is 6.26. The van der Waals surface area contributed by atoms with Gasteiger partial charge in [0.25, 0.3) is 0 Å². The van der Waals surface area contributed by atoms with Crippen molar-refractivity contribution in [2.24, 2.45) is 12.2 Å². The topological polar surface area (TPSA) is 83.5 Å². The predicted molar refractivity (Wildman–Crippen MR) is 106 cm³/mol. The molecule has 0 spiro atoms. The molecule has 146 valence electrons. The minimum atomic E-state index is -0.308. The summed E-state index contributed by atoms with van der Waals surface area (Å²) < 4.78 is 8.50. The molecule has 1 aromatic heterocycles. The zero-order valence-electron chi connectivity index (χ0n) is 16.4. The molecule has 0 aliphatic heterocycles. The van der Waals surface area contributed by atoms with Gasteiger partial charge < -0.3 is 9.57 Å². The molecule has 0 atom stereocenters. The second kappa shape index (κ2) is 8.51. The van der Waals surface area contributed by atoms with E-state index in [0.29, 0.717) is 11.4 Å². The van der Waals surface area contributed by atoms with E-state index in [1.165, 1.54) is 16.5 Å². The Bertz CT molecular complexity index is 1050. The summed E-state index contributed by atoms with van der Waals surface area (Å²) in [6.45, 7) is 4.28. The van der Waals surface area contributed by atoms with Crippen molar-refractivity contribution in [3.63, 3.8) is 0 Å². The number of hydrogen-bond acceptors (Lipinski definition) is 6. The molecule has 0 fully saturated rings. The summed E-state index contributed by atoms with van der Waals surface area (Å²) in [5.41, 5.74) is 4.01. The quantitative estimate of drug-likeness (QED) is 0.464. The molecule has 0 amide bonds. The van der Waals surface area contributed by atoms with E-state index >= 15 is 0 Å². The minimum absolute atomic E-state index is 0.289. The second-order valence-electron chi connectivity index (χ2n) is 6.26. The Morgan fingerprint density at radius 1 is 1.18 bits per heavy atom. The van der Waals surface area contributed by atoms with Crippen LogP contribution >= 0.6 is 0 Å². The number of oxime groups is 1. The highest BCUT2D eigenvalue weighted by atomic mass is 16.6. The molecule has 0 saturated carbocycles. The Kier molecular flexibility index (Phi) is 5.88. The molecule has 8 heteroatoms. The first-order valence-electron chi connectivity index (χ1n) is 8.96. The van der Waals surface area contributed by atoms with Gasteiger partial charge in [-0.15, -0.1) is 0 Å². The SMILES string of the molecule is CC/C(=N\OC)c1cccc(OCc2c(C)cccc2-n2nnn(C)c2=O)c1. The van der Waals surface area contributed by atoms with Crippen LogP contribution in [-0.2, 0) is 18.5 Å². The van der Waals surface area contributed by atoms with Crippen molar-refractivity contribution in [3.8, 4) is 11.4 Å². The fourth-order valence-corrected chi connectivity index (χ4v) is 2.89. The van der Waals surface area contributed by atoms with Crippen molar-refractivity contribution in [1.82, 2.24) is 19.8 Å². The third-order valence-corrected chi connectivity index (χ3v) is 4.42. The van der Waals surface area contributed by atoms with E-state index in [1.54, 1.807) is 7.05 Å². The molecule has 2 aromatic carbocycles. The van der Waals surface area contributed by atoms with Crippen LogP contribution in [0.1, 0.15) is 30.0 Å². The lowest BCUT2D eigenvalue weighted by molar-refractivity contribution is 0.213. The number of tetrazole rings is 1. The number of benzene rings is 2. The highest BCUT2D eigenvalue weighted by Gasteiger charge is 2.14. The maximum Gasteiger partial charge on any atom is 0.368 e. The first-order valence-corrected chi connectivity index (χ1v) is 8.96. The summed E-state index contributed by atoms with van der Waals surface area (Å²) in [7, 11) is 3.10. The normalized spacial score (nSPS) is 11.5. The Balaban J connectivity index is 1.89. The molecule has 0 aliphatic rings. The zero-order valence-corrected chi connectivity index (χ0v) is 16.4.